The van der Waals surface area contributed by atoms with Gasteiger partial charge >= 0.3 is 6.61 Å². The number of hydrogen-bond acceptors (Lipinski definition) is 7. The number of halogens is 4. The molecule has 2 aromatic rings. The molecule has 13 heteroatoms. The third kappa shape index (κ3) is 4.21. The molecule has 1 fully saturated rings. The van der Waals surface area contributed by atoms with Crippen molar-refractivity contribution < 1.29 is 35.5 Å². The Morgan fingerprint density at radius 2 is 2.00 bits per heavy atom. The zero-order valence-electron chi connectivity index (χ0n) is 18.5. The normalized spacial score (nSPS) is 22.4. The highest BCUT2D eigenvalue weighted by molar-refractivity contribution is 7.93. The smallest absolute Gasteiger partial charge is 0.387 e. The van der Waals surface area contributed by atoms with Crippen molar-refractivity contribution in [2.45, 2.75) is 43.1 Å². The van der Waals surface area contributed by atoms with E-state index in [2.05, 4.69) is 20.0 Å². The zero-order chi connectivity index (χ0) is 25.6. The van der Waals surface area contributed by atoms with E-state index in [4.69, 9.17) is 5.73 Å². The number of carbonyl (C=O) groups excluding carboxylic acids is 1. The monoisotopic (exact) mass is 514 g/mol. The highest BCUT2D eigenvalue weighted by Gasteiger charge is 2.59. The fraction of sp³-hybridized carbons (Fsp3) is 0.409. The van der Waals surface area contributed by atoms with Crippen LogP contribution in [0.1, 0.15) is 40.9 Å². The summed E-state index contributed by atoms with van der Waals surface area (Å²) in [7, 11) is -3.94. The molecule has 3 N–H and O–H groups in total. The highest BCUT2D eigenvalue weighted by atomic mass is 32.2. The van der Waals surface area contributed by atoms with Gasteiger partial charge in [-0.25, -0.2) is 22.2 Å². The summed E-state index contributed by atoms with van der Waals surface area (Å²) < 4.78 is 83.0. The van der Waals surface area contributed by atoms with Crippen LogP contribution in [0, 0.1) is 12.7 Å². The largest absolute Gasteiger partial charge is 0.433 e. The van der Waals surface area contributed by atoms with Crippen LogP contribution in [-0.2, 0) is 15.4 Å². The molecule has 4 rings (SSSR count). The van der Waals surface area contributed by atoms with Gasteiger partial charge in [0.2, 0.25) is 0 Å². The Morgan fingerprint density at radius 1 is 1.29 bits per heavy atom. The van der Waals surface area contributed by atoms with Gasteiger partial charge in [-0.2, -0.15) is 8.78 Å². The van der Waals surface area contributed by atoms with Gasteiger partial charge in [-0.3, -0.25) is 9.79 Å². The lowest BCUT2D eigenvalue weighted by molar-refractivity contribution is -0.0501. The summed E-state index contributed by atoms with van der Waals surface area (Å²) in [6.45, 7) is -2.94. The fourth-order valence-electron chi connectivity index (χ4n) is 4.42. The van der Waals surface area contributed by atoms with Gasteiger partial charge in [0.25, 0.3) is 5.91 Å². The number of nitrogens with one attached hydrogen (secondary N) is 1. The number of amides is 1. The van der Waals surface area contributed by atoms with Crippen molar-refractivity contribution >= 4 is 27.3 Å². The summed E-state index contributed by atoms with van der Waals surface area (Å²) in [4.78, 5) is 20.7. The number of nitrogens with two attached hydrogens (primary N) is 1. The molecule has 1 amide bonds. The molecule has 1 aromatic carbocycles. The molecule has 0 bridgehead atoms. The molecule has 1 aromatic heterocycles. The van der Waals surface area contributed by atoms with Crippen molar-refractivity contribution in [1.29, 1.82) is 0 Å². The number of ether oxygens (including phenoxy) is 1. The molecule has 0 unspecified atom stereocenters. The number of rotatable bonds is 6. The van der Waals surface area contributed by atoms with Gasteiger partial charge in [-0.05, 0) is 56.0 Å². The average Bonchev–Trinajstić information content (AvgIpc) is 2.72. The van der Waals surface area contributed by atoms with Crippen molar-refractivity contribution in [3.63, 3.8) is 0 Å². The number of aliphatic imine (C=N–C) groups is 1. The van der Waals surface area contributed by atoms with E-state index in [1.165, 1.54) is 19.1 Å². The Balaban J connectivity index is 1.66. The third-order valence-electron chi connectivity index (χ3n) is 6.43. The average molecular weight is 515 g/mol. The zero-order valence-corrected chi connectivity index (χ0v) is 19.3. The number of alkyl halides is 3. The molecule has 1 atom stereocenters. The predicted octanol–water partition coefficient (Wildman–Crippen LogP) is 3.26. The standard InChI is InChI=1S/C22H22F4N4O4S/c1-12-7-14(34-20(25)26)9-28-17(12)18(31)29-13-3-4-16(24)15(8-13)21(10-23)11-35(32,33)22(5-2-6-22)19(27)30-21/h3-4,7-9,20H,2,5-6,10-11H2,1H3,(H2,27,30)(H,29,31)/t21-/m1/s1. The number of nitrogens with zero attached hydrogens (tertiary/aromatic N) is 2. The van der Waals surface area contributed by atoms with E-state index < -0.39 is 50.9 Å². The van der Waals surface area contributed by atoms with Crippen LogP contribution in [0.4, 0.5) is 23.2 Å². The van der Waals surface area contributed by atoms with Crippen LogP contribution >= 0.6 is 0 Å². The summed E-state index contributed by atoms with van der Waals surface area (Å²) in [6, 6.07) is 4.45. The number of aryl methyl sites for hydroxylation is 1. The Bertz CT molecular complexity index is 1310. The number of anilines is 1. The summed E-state index contributed by atoms with van der Waals surface area (Å²) in [5.41, 5.74) is 3.64. The lowest BCUT2D eigenvalue weighted by Gasteiger charge is -2.46. The number of carbonyl (C=O) groups is 1. The molecule has 1 saturated carbocycles. The maximum absolute atomic E-state index is 14.9. The van der Waals surface area contributed by atoms with Crippen molar-refractivity contribution in [3.8, 4) is 5.75 Å². The van der Waals surface area contributed by atoms with Crippen LogP contribution in [0.15, 0.2) is 35.5 Å². The summed E-state index contributed by atoms with van der Waals surface area (Å²) in [5, 5.41) is 2.47. The fourth-order valence-corrected chi connectivity index (χ4v) is 6.90. The maximum Gasteiger partial charge on any atom is 0.387 e. The molecule has 1 spiro atoms. The van der Waals surface area contributed by atoms with Crippen molar-refractivity contribution in [3.05, 3.63) is 53.1 Å². The maximum atomic E-state index is 14.9. The van der Waals surface area contributed by atoms with E-state index in [1.807, 2.05) is 0 Å². The second-order valence-corrected chi connectivity index (χ2v) is 10.9. The molecular formula is C22H22F4N4O4S. The van der Waals surface area contributed by atoms with Crippen LogP contribution in [0.2, 0.25) is 0 Å². The number of amidine groups is 1. The Kier molecular flexibility index (Phi) is 6.24. The highest BCUT2D eigenvalue weighted by Crippen LogP contribution is 2.47. The Labute approximate surface area is 198 Å². The van der Waals surface area contributed by atoms with Gasteiger partial charge in [-0.15, -0.1) is 0 Å². The van der Waals surface area contributed by atoms with Gasteiger partial charge in [0, 0.05) is 11.3 Å². The Morgan fingerprint density at radius 3 is 2.54 bits per heavy atom. The van der Waals surface area contributed by atoms with Gasteiger partial charge in [-0.1, -0.05) is 0 Å². The minimum atomic E-state index is -3.94. The second kappa shape index (κ2) is 8.77. The molecule has 0 radical (unpaired) electrons. The van der Waals surface area contributed by atoms with Gasteiger partial charge in [0.05, 0.1) is 11.9 Å². The van der Waals surface area contributed by atoms with Crippen LogP contribution in [0.25, 0.3) is 0 Å². The van der Waals surface area contributed by atoms with Crippen LogP contribution < -0.4 is 15.8 Å². The summed E-state index contributed by atoms with van der Waals surface area (Å²) >= 11 is 0. The first-order chi connectivity index (χ1) is 16.4. The molecule has 0 saturated heterocycles. The molecule has 1 aliphatic heterocycles. The van der Waals surface area contributed by atoms with E-state index in [-0.39, 0.29) is 46.9 Å². The van der Waals surface area contributed by atoms with Crippen LogP contribution in [0.5, 0.6) is 5.75 Å². The summed E-state index contributed by atoms with van der Waals surface area (Å²) in [6.07, 6.45) is 2.14. The predicted molar refractivity (Wildman–Crippen MR) is 120 cm³/mol. The van der Waals surface area contributed by atoms with E-state index in [0.29, 0.717) is 6.42 Å². The molecule has 8 nitrogen and oxygen atoms in total. The number of sulfone groups is 1. The minimum Gasteiger partial charge on any atom is -0.433 e. The SMILES string of the molecule is Cc1cc(OC(F)F)cnc1C(=O)Nc1ccc(F)c([C@@]2(CF)CS(=O)(=O)C3(CCC3)C(N)=N2)c1. The van der Waals surface area contributed by atoms with Gasteiger partial charge in [0.15, 0.2) is 9.84 Å². The lowest BCUT2D eigenvalue weighted by atomic mass is 9.82. The van der Waals surface area contributed by atoms with Gasteiger partial charge in [0.1, 0.15) is 40.1 Å². The molecule has 2 heterocycles. The van der Waals surface area contributed by atoms with Crippen molar-refractivity contribution in [2.24, 2.45) is 10.7 Å². The first kappa shape index (κ1) is 24.9. The first-order valence-electron chi connectivity index (χ1n) is 10.6. The van der Waals surface area contributed by atoms with E-state index in [9.17, 15) is 30.8 Å². The third-order valence-corrected chi connectivity index (χ3v) is 9.09. The molecule has 188 valence electrons. The molecule has 1 aliphatic carbocycles. The second-order valence-electron chi connectivity index (χ2n) is 8.63. The van der Waals surface area contributed by atoms with Crippen molar-refractivity contribution in [1.82, 2.24) is 4.98 Å². The quantitative estimate of drug-likeness (QED) is 0.571. The first-order valence-corrected chi connectivity index (χ1v) is 12.3. The minimum absolute atomic E-state index is 0.0171. The number of pyridine rings is 1. The lowest BCUT2D eigenvalue weighted by Crippen LogP contribution is -2.62. The molecule has 35 heavy (non-hydrogen) atoms. The number of benzene rings is 1. The molecular weight excluding hydrogens is 492 g/mol. The van der Waals surface area contributed by atoms with Crippen LogP contribution in [-0.4, -0.2) is 48.9 Å². The van der Waals surface area contributed by atoms with Gasteiger partial charge < -0.3 is 15.8 Å². The Hall–Kier alpha value is -3.22. The van der Waals surface area contributed by atoms with E-state index >= 15 is 0 Å². The summed E-state index contributed by atoms with van der Waals surface area (Å²) in [5.74, 6) is -2.92. The van der Waals surface area contributed by atoms with E-state index in [1.54, 1.807) is 0 Å². The number of hydrogen-bond donors (Lipinski definition) is 2. The van der Waals surface area contributed by atoms with Crippen LogP contribution in [0.3, 0.4) is 0 Å². The topological polar surface area (TPSA) is 124 Å². The van der Waals surface area contributed by atoms with E-state index in [0.717, 1.165) is 18.3 Å². The molecule has 2 aliphatic rings. The van der Waals surface area contributed by atoms with Crippen molar-refractivity contribution in [2.75, 3.05) is 17.7 Å². The number of aromatic nitrogens is 1.